The zero-order valence-electron chi connectivity index (χ0n) is 10.3. The molecule has 0 aliphatic carbocycles. The van der Waals surface area contributed by atoms with Crippen molar-refractivity contribution in [3.8, 4) is 11.5 Å². The molecular weight excluding hydrogens is 242 g/mol. The van der Waals surface area contributed by atoms with Crippen LogP contribution in [0.5, 0.6) is 11.5 Å². The van der Waals surface area contributed by atoms with Crippen molar-refractivity contribution in [3.63, 3.8) is 0 Å². The molecule has 0 saturated carbocycles. The van der Waals surface area contributed by atoms with Gasteiger partial charge in [0.25, 0.3) is 0 Å². The zero-order valence-corrected chi connectivity index (χ0v) is 11.1. The van der Waals surface area contributed by atoms with Gasteiger partial charge in [0.1, 0.15) is 5.38 Å². The maximum absolute atomic E-state index is 11.5. The van der Waals surface area contributed by atoms with E-state index in [1.165, 1.54) is 0 Å². The first-order chi connectivity index (χ1) is 7.99. The number of carbonyl (C=O) groups excluding carboxylic acids is 1. The second kappa shape index (κ2) is 5.77. The zero-order chi connectivity index (χ0) is 13.0. The summed E-state index contributed by atoms with van der Waals surface area (Å²) in [5.41, 5.74) is 1.55. The summed E-state index contributed by atoms with van der Waals surface area (Å²) in [4.78, 5) is 11.5. The first-order valence-electron chi connectivity index (χ1n) is 5.17. The summed E-state index contributed by atoms with van der Waals surface area (Å²) in [5, 5.41) is 2.15. The number of methoxy groups -OCH3 is 2. The molecule has 0 aliphatic rings. The number of benzene rings is 1. The Morgan fingerprint density at radius 2 is 1.82 bits per heavy atom. The summed E-state index contributed by atoms with van der Waals surface area (Å²) >= 11 is 5.69. The maximum Gasteiger partial charge on any atom is 0.242 e. The van der Waals surface area contributed by atoms with Crippen LogP contribution in [-0.4, -0.2) is 25.5 Å². The van der Waals surface area contributed by atoms with Crippen molar-refractivity contribution in [3.05, 3.63) is 17.7 Å². The monoisotopic (exact) mass is 257 g/mol. The van der Waals surface area contributed by atoms with Gasteiger partial charge in [0, 0.05) is 11.8 Å². The van der Waals surface area contributed by atoms with Crippen molar-refractivity contribution in [1.82, 2.24) is 0 Å². The third-order valence-corrected chi connectivity index (χ3v) is 2.55. The van der Waals surface area contributed by atoms with Crippen molar-refractivity contribution < 1.29 is 14.3 Å². The predicted octanol–water partition coefficient (Wildman–Crippen LogP) is 2.58. The van der Waals surface area contributed by atoms with Gasteiger partial charge in [-0.2, -0.15) is 0 Å². The van der Waals surface area contributed by atoms with E-state index in [2.05, 4.69) is 5.32 Å². The molecule has 0 bridgehead atoms. The van der Waals surface area contributed by atoms with Gasteiger partial charge < -0.3 is 14.8 Å². The Hall–Kier alpha value is -1.42. The highest BCUT2D eigenvalue weighted by atomic mass is 35.5. The number of nitrogens with one attached hydrogen (secondary N) is 1. The lowest BCUT2D eigenvalue weighted by atomic mass is 10.1. The van der Waals surface area contributed by atoms with Gasteiger partial charge in [0.2, 0.25) is 5.91 Å². The normalized spacial score (nSPS) is 11.8. The average molecular weight is 258 g/mol. The number of carbonyl (C=O) groups is 1. The summed E-state index contributed by atoms with van der Waals surface area (Å²) in [6.45, 7) is 3.49. The van der Waals surface area contributed by atoms with Crippen LogP contribution >= 0.6 is 11.6 Å². The molecule has 1 rings (SSSR count). The van der Waals surface area contributed by atoms with E-state index in [-0.39, 0.29) is 5.91 Å². The Kier molecular flexibility index (Phi) is 4.63. The number of hydrogen-bond acceptors (Lipinski definition) is 3. The van der Waals surface area contributed by atoms with Crippen molar-refractivity contribution in [1.29, 1.82) is 0 Å². The van der Waals surface area contributed by atoms with Gasteiger partial charge in [-0.1, -0.05) is 0 Å². The minimum atomic E-state index is -0.581. The number of anilines is 1. The minimum absolute atomic E-state index is 0.248. The van der Waals surface area contributed by atoms with Crippen LogP contribution in [0.3, 0.4) is 0 Å². The molecule has 4 nitrogen and oxygen atoms in total. The molecule has 1 atom stereocenters. The number of amides is 1. The Labute approximate surface area is 106 Å². The van der Waals surface area contributed by atoms with Crippen molar-refractivity contribution in [2.45, 2.75) is 19.2 Å². The van der Waals surface area contributed by atoms with Gasteiger partial charge in [-0.3, -0.25) is 4.79 Å². The van der Waals surface area contributed by atoms with Crippen LogP contribution in [-0.2, 0) is 4.79 Å². The fraction of sp³-hybridized carbons (Fsp3) is 0.417. The van der Waals surface area contributed by atoms with Crippen LogP contribution in [0.4, 0.5) is 5.69 Å². The molecule has 0 saturated heterocycles. The molecule has 1 aromatic carbocycles. The highest BCUT2D eigenvalue weighted by Crippen LogP contribution is 2.32. The summed E-state index contributed by atoms with van der Waals surface area (Å²) in [6.07, 6.45) is 0. The molecule has 17 heavy (non-hydrogen) atoms. The van der Waals surface area contributed by atoms with E-state index in [0.29, 0.717) is 17.2 Å². The molecule has 1 N–H and O–H groups in total. The van der Waals surface area contributed by atoms with Crippen LogP contribution < -0.4 is 14.8 Å². The average Bonchev–Trinajstić information content (AvgIpc) is 2.30. The predicted molar refractivity (Wildman–Crippen MR) is 68.2 cm³/mol. The molecule has 0 heterocycles. The van der Waals surface area contributed by atoms with E-state index in [1.807, 2.05) is 6.92 Å². The smallest absolute Gasteiger partial charge is 0.242 e. The Morgan fingerprint density at radius 1 is 1.29 bits per heavy atom. The number of rotatable bonds is 4. The van der Waals surface area contributed by atoms with Crippen molar-refractivity contribution in [2.75, 3.05) is 19.5 Å². The largest absolute Gasteiger partial charge is 0.493 e. The SMILES string of the molecule is COc1cc(C)c(NC(=O)C(C)Cl)cc1OC. The molecule has 0 aliphatic heterocycles. The van der Waals surface area contributed by atoms with Crippen LogP contribution in [0, 0.1) is 6.92 Å². The molecular formula is C12H16ClNO3. The van der Waals surface area contributed by atoms with Crippen LogP contribution in [0.2, 0.25) is 0 Å². The molecule has 0 spiro atoms. The van der Waals surface area contributed by atoms with Crippen LogP contribution in [0.15, 0.2) is 12.1 Å². The number of alkyl halides is 1. The topological polar surface area (TPSA) is 47.6 Å². The number of ether oxygens (including phenoxy) is 2. The Balaban J connectivity index is 3.04. The van der Waals surface area contributed by atoms with E-state index in [1.54, 1.807) is 33.3 Å². The molecule has 1 aromatic rings. The summed E-state index contributed by atoms with van der Waals surface area (Å²) < 4.78 is 10.3. The lowest BCUT2D eigenvalue weighted by Gasteiger charge is -2.14. The molecule has 0 radical (unpaired) electrons. The number of aryl methyl sites for hydroxylation is 1. The van der Waals surface area contributed by atoms with E-state index >= 15 is 0 Å². The van der Waals surface area contributed by atoms with Crippen molar-refractivity contribution >= 4 is 23.2 Å². The van der Waals surface area contributed by atoms with Crippen LogP contribution in [0.1, 0.15) is 12.5 Å². The number of halogens is 1. The third-order valence-electron chi connectivity index (χ3n) is 2.35. The number of hydrogen-bond donors (Lipinski definition) is 1. The van der Waals surface area contributed by atoms with Crippen molar-refractivity contribution in [2.24, 2.45) is 0 Å². The van der Waals surface area contributed by atoms with E-state index in [0.717, 1.165) is 5.56 Å². The van der Waals surface area contributed by atoms with Gasteiger partial charge in [0.05, 0.1) is 14.2 Å². The molecule has 0 fully saturated rings. The highest BCUT2D eigenvalue weighted by molar-refractivity contribution is 6.32. The molecule has 0 aromatic heterocycles. The summed E-state index contributed by atoms with van der Waals surface area (Å²) in [7, 11) is 3.11. The molecule has 1 amide bonds. The summed E-state index contributed by atoms with van der Waals surface area (Å²) in [5.74, 6) is 0.944. The minimum Gasteiger partial charge on any atom is -0.493 e. The first kappa shape index (κ1) is 13.6. The quantitative estimate of drug-likeness (QED) is 0.844. The second-order valence-corrected chi connectivity index (χ2v) is 4.28. The lowest BCUT2D eigenvalue weighted by Crippen LogP contribution is -2.20. The Morgan fingerprint density at radius 3 is 2.29 bits per heavy atom. The third kappa shape index (κ3) is 3.27. The maximum atomic E-state index is 11.5. The van der Waals surface area contributed by atoms with Gasteiger partial charge in [0.15, 0.2) is 11.5 Å². The Bertz CT molecular complexity index is 418. The standard InChI is InChI=1S/C12H16ClNO3/c1-7-5-10(16-3)11(17-4)6-9(7)14-12(15)8(2)13/h5-6,8H,1-4H3,(H,14,15). The van der Waals surface area contributed by atoms with E-state index in [9.17, 15) is 4.79 Å². The molecule has 94 valence electrons. The summed E-state index contributed by atoms with van der Waals surface area (Å²) in [6, 6.07) is 3.51. The highest BCUT2D eigenvalue weighted by Gasteiger charge is 2.13. The van der Waals surface area contributed by atoms with Gasteiger partial charge in [-0.15, -0.1) is 11.6 Å². The van der Waals surface area contributed by atoms with Crippen LogP contribution in [0.25, 0.3) is 0 Å². The molecule has 5 heteroatoms. The van der Waals surface area contributed by atoms with Gasteiger partial charge in [-0.25, -0.2) is 0 Å². The van der Waals surface area contributed by atoms with E-state index < -0.39 is 5.38 Å². The van der Waals surface area contributed by atoms with Gasteiger partial charge >= 0.3 is 0 Å². The second-order valence-electron chi connectivity index (χ2n) is 3.63. The first-order valence-corrected chi connectivity index (χ1v) is 5.60. The van der Waals surface area contributed by atoms with E-state index in [4.69, 9.17) is 21.1 Å². The lowest BCUT2D eigenvalue weighted by molar-refractivity contribution is -0.115. The van der Waals surface area contributed by atoms with Gasteiger partial charge in [-0.05, 0) is 25.5 Å². The fourth-order valence-electron chi connectivity index (χ4n) is 1.35. The fourth-order valence-corrected chi connectivity index (χ4v) is 1.40. The molecule has 1 unspecified atom stereocenters.